The lowest BCUT2D eigenvalue weighted by molar-refractivity contribution is -0.135. The number of nitrogens with one attached hydrogen (secondary N) is 1. The molecule has 1 aliphatic heterocycles. The number of amides is 3. The smallest absolute Gasteiger partial charge is 0.323 e. The van der Waals surface area contributed by atoms with E-state index in [1.54, 1.807) is 36.5 Å². The minimum absolute atomic E-state index is 0.142. The fourth-order valence-electron chi connectivity index (χ4n) is 3.88. The maximum Gasteiger partial charge on any atom is 0.325 e. The Bertz CT molecular complexity index is 1020. The standard InChI is InChI=1S/C21H18ClF2N3O3/c22-16-11-25-10-5-15(16)13-1-3-14(4-2-13)17(28)12-27-18(29)20(26-19(27)30)6-8-21(23,24)9-7-20/h1-5,10-11H,6-9,12H2,(H,26,30). The molecule has 0 atom stereocenters. The summed E-state index contributed by atoms with van der Waals surface area (Å²) in [4.78, 5) is 42.5. The normalized spacial score (nSPS) is 19.8. The number of benzene rings is 1. The molecule has 0 unspecified atom stereocenters. The van der Waals surface area contributed by atoms with E-state index in [1.165, 1.54) is 6.20 Å². The summed E-state index contributed by atoms with van der Waals surface area (Å²) < 4.78 is 26.9. The van der Waals surface area contributed by atoms with E-state index in [0.717, 1.165) is 16.0 Å². The van der Waals surface area contributed by atoms with Crippen molar-refractivity contribution in [2.24, 2.45) is 0 Å². The van der Waals surface area contributed by atoms with Gasteiger partial charge < -0.3 is 5.32 Å². The highest BCUT2D eigenvalue weighted by atomic mass is 35.5. The summed E-state index contributed by atoms with van der Waals surface area (Å²) in [5, 5.41) is 3.00. The summed E-state index contributed by atoms with van der Waals surface area (Å²) in [6.45, 7) is -0.446. The molecule has 9 heteroatoms. The van der Waals surface area contributed by atoms with E-state index < -0.39 is 48.6 Å². The van der Waals surface area contributed by atoms with Crippen molar-refractivity contribution in [2.75, 3.05) is 6.54 Å². The van der Waals surface area contributed by atoms with E-state index in [2.05, 4.69) is 10.3 Å². The highest BCUT2D eigenvalue weighted by molar-refractivity contribution is 6.33. The number of urea groups is 1. The van der Waals surface area contributed by atoms with Gasteiger partial charge in [-0.05, 0) is 24.5 Å². The molecular weight excluding hydrogens is 416 g/mol. The molecule has 2 fully saturated rings. The number of nitrogens with zero attached hydrogens (tertiary/aromatic N) is 2. The molecule has 30 heavy (non-hydrogen) atoms. The first-order valence-electron chi connectivity index (χ1n) is 9.46. The Labute approximate surface area is 176 Å². The number of Topliss-reactive ketones (excluding diaryl/α,β-unsaturated/α-hetero) is 1. The van der Waals surface area contributed by atoms with E-state index >= 15 is 0 Å². The molecule has 2 heterocycles. The Morgan fingerprint density at radius 1 is 1.10 bits per heavy atom. The summed E-state index contributed by atoms with van der Waals surface area (Å²) in [7, 11) is 0. The van der Waals surface area contributed by atoms with Gasteiger partial charge in [-0.15, -0.1) is 0 Å². The van der Waals surface area contributed by atoms with Gasteiger partial charge in [0.2, 0.25) is 5.92 Å². The molecule has 3 amide bonds. The lowest BCUT2D eigenvalue weighted by Gasteiger charge is -2.34. The molecule has 1 N–H and O–H groups in total. The van der Waals surface area contributed by atoms with Crippen molar-refractivity contribution in [2.45, 2.75) is 37.1 Å². The largest absolute Gasteiger partial charge is 0.325 e. The second kappa shape index (κ2) is 7.43. The van der Waals surface area contributed by atoms with Crippen LogP contribution in [0.5, 0.6) is 0 Å². The Hall–Kier alpha value is -2.87. The molecule has 0 bridgehead atoms. The van der Waals surface area contributed by atoms with Crippen molar-refractivity contribution in [1.82, 2.24) is 15.2 Å². The van der Waals surface area contributed by atoms with Crippen LogP contribution < -0.4 is 5.32 Å². The molecule has 1 aromatic carbocycles. The number of carbonyl (C=O) groups is 3. The molecule has 1 aromatic heterocycles. The number of alkyl halides is 2. The van der Waals surface area contributed by atoms with Crippen LogP contribution in [0.3, 0.4) is 0 Å². The first kappa shape index (κ1) is 20.4. The van der Waals surface area contributed by atoms with E-state index in [4.69, 9.17) is 11.6 Å². The summed E-state index contributed by atoms with van der Waals surface area (Å²) >= 11 is 6.13. The number of ketones is 1. The third-order valence-electron chi connectivity index (χ3n) is 5.67. The predicted octanol–water partition coefficient (Wildman–Crippen LogP) is 4.08. The van der Waals surface area contributed by atoms with Gasteiger partial charge in [-0.3, -0.25) is 19.5 Å². The first-order chi connectivity index (χ1) is 14.2. The number of hydrogen-bond acceptors (Lipinski definition) is 4. The zero-order chi connectivity index (χ0) is 21.5. The number of halogens is 3. The Morgan fingerprint density at radius 2 is 1.77 bits per heavy atom. The fourth-order valence-corrected chi connectivity index (χ4v) is 4.11. The molecule has 6 nitrogen and oxygen atoms in total. The number of rotatable bonds is 4. The first-order valence-corrected chi connectivity index (χ1v) is 9.84. The highest BCUT2D eigenvalue weighted by Gasteiger charge is 2.55. The number of imide groups is 1. The SMILES string of the molecule is O=C(CN1C(=O)NC2(CCC(F)(F)CC2)C1=O)c1ccc(-c2ccncc2Cl)cc1. The van der Waals surface area contributed by atoms with Gasteiger partial charge in [0, 0.05) is 36.4 Å². The van der Waals surface area contributed by atoms with Crippen LogP contribution in [0.2, 0.25) is 5.02 Å². The molecular formula is C21H18ClF2N3O3. The number of hydrogen-bond donors (Lipinski definition) is 1. The molecule has 0 radical (unpaired) electrons. The molecule has 1 spiro atoms. The predicted molar refractivity (Wildman–Crippen MR) is 105 cm³/mol. The maximum absolute atomic E-state index is 13.5. The van der Waals surface area contributed by atoms with Crippen molar-refractivity contribution in [3.05, 3.63) is 53.3 Å². The summed E-state index contributed by atoms with van der Waals surface area (Å²) in [5.41, 5.74) is 0.536. The topological polar surface area (TPSA) is 79.4 Å². The van der Waals surface area contributed by atoms with Gasteiger partial charge in [0.25, 0.3) is 5.91 Å². The summed E-state index contributed by atoms with van der Waals surface area (Å²) in [6, 6.07) is 7.63. The number of carbonyl (C=O) groups excluding carboxylic acids is 3. The van der Waals surface area contributed by atoms with Crippen molar-refractivity contribution in [3.63, 3.8) is 0 Å². The number of aromatic nitrogens is 1. The molecule has 156 valence electrons. The second-order valence-corrected chi connectivity index (χ2v) is 8.02. The minimum atomic E-state index is -2.83. The minimum Gasteiger partial charge on any atom is -0.323 e. The third kappa shape index (κ3) is 3.67. The average molecular weight is 434 g/mol. The van der Waals surface area contributed by atoms with Gasteiger partial charge in [-0.1, -0.05) is 35.9 Å². The summed E-state index contributed by atoms with van der Waals surface area (Å²) in [5.74, 6) is -3.88. The van der Waals surface area contributed by atoms with Gasteiger partial charge in [0.1, 0.15) is 5.54 Å². The monoisotopic (exact) mass is 433 g/mol. The molecule has 1 aliphatic carbocycles. The lowest BCUT2D eigenvalue weighted by atomic mass is 9.80. The van der Waals surface area contributed by atoms with Crippen molar-refractivity contribution < 1.29 is 23.2 Å². The van der Waals surface area contributed by atoms with Gasteiger partial charge in [-0.25, -0.2) is 13.6 Å². The van der Waals surface area contributed by atoms with Gasteiger partial charge in [-0.2, -0.15) is 0 Å². The maximum atomic E-state index is 13.5. The van der Waals surface area contributed by atoms with Crippen LogP contribution in [0.25, 0.3) is 11.1 Å². The number of pyridine rings is 1. The van der Waals surface area contributed by atoms with Crippen LogP contribution in [0, 0.1) is 0 Å². The van der Waals surface area contributed by atoms with Crippen LogP contribution in [-0.2, 0) is 4.79 Å². The van der Waals surface area contributed by atoms with Gasteiger partial charge in [0.15, 0.2) is 5.78 Å². The van der Waals surface area contributed by atoms with Crippen LogP contribution in [-0.4, -0.2) is 45.6 Å². The van der Waals surface area contributed by atoms with Crippen LogP contribution in [0.4, 0.5) is 13.6 Å². The Morgan fingerprint density at radius 3 is 2.40 bits per heavy atom. The Kier molecular flexibility index (Phi) is 5.05. The van der Waals surface area contributed by atoms with E-state index in [1.807, 2.05) is 0 Å². The quantitative estimate of drug-likeness (QED) is 0.582. The van der Waals surface area contributed by atoms with E-state index in [-0.39, 0.29) is 12.8 Å². The van der Waals surface area contributed by atoms with Gasteiger partial charge >= 0.3 is 6.03 Å². The lowest BCUT2D eigenvalue weighted by Crippen LogP contribution is -2.51. The molecule has 1 saturated heterocycles. The van der Waals surface area contributed by atoms with Crippen LogP contribution in [0.1, 0.15) is 36.0 Å². The molecule has 2 aliphatic rings. The summed E-state index contributed by atoms with van der Waals surface area (Å²) in [6.07, 6.45) is 1.90. The van der Waals surface area contributed by atoms with Crippen molar-refractivity contribution in [1.29, 1.82) is 0 Å². The van der Waals surface area contributed by atoms with Crippen LogP contribution in [0.15, 0.2) is 42.7 Å². The molecule has 1 saturated carbocycles. The third-order valence-corrected chi connectivity index (χ3v) is 5.97. The zero-order valence-electron chi connectivity index (χ0n) is 15.8. The molecule has 4 rings (SSSR count). The van der Waals surface area contributed by atoms with Crippen molar-refractivity contribution in [3.8, 4) is 11.1 Å². The second-order valence-electron chi connectivity index (χ2n) is 7.62. The van der Waals surface area contributed by atoms with Crippen molar-refractivity contribution >= 4 is 29.3 Å². The Balaban J connectivity index is 1.47. The average Bonchev–Trinajstić information content (AvgIpc) is 2.95. The highest BCUT2D eigenvalue weighted by Crippen LogP contribution is 2.41. The van der Waals surface area contributed by atoms with E-state index in [9.17, 15) is 23.2 Å². The van der Waals surface area contributed by atoms with Gasteiger partial charge in [0.05, 0.1) is 11.6 Å². The zero-order valence-corrected chi connectivity index (χ0v) is 16.6. The molecule has 2 aromatic rings. The van der Waals surface area contributed by atoms with Crippen LogP contribution >= 0.6 is 11.6 Å². The fraction of sp³-hybridized carbons (Fsp3) is 0.333. The van der Waals surface area contributed by atoms with E-state index in [0.29, 0.717) is 10.6 Å².